The summed E-state index contributed by atoms with van der Waals surface area (Å²) in [5.41, 5.74) is 1.79. The van der Waals surface area contributed by atoms with Crippen LogP contribution in [0.25, 0.3) is 0 Å². The second kappa shape index (κ2) is 7.63. The minimum absolute atomic E-state index is 0.0651. The largest absolute Gasteiger partial charge is 0.506 e. The number of phenolic OH excluding ortho intramolecular Hbond substituents is 1. The predicted molar refractivity (Wildman–Crippen MR) is 101 cm³/mol. The minimum atomic E-state index is -0.340. The Balaban J connectivity index is 1.73. The molecule has 0 saturated carbocycles. The molecule has 8 heteroatoms. The lowest BCUT2D eigenvalue weighted by Crippen LogP contribution is -2.14. The number of halogens is 1. The normalized spacial score (nSPS) is 10.7. The Hall–Kier alpha value is -2.77. The van der Waals surface area contributed by atoms with E-state index < -0.39 is 0 Å². The maximum Gasteiger partial charge on any atom is 0.307 e. The van der Waals surface area contributed by atoms with Crippen molar-refractivity contribution in [3.05, 3.63) is 73.2 Å². The fraction of sp³-hybridized carbons (Fsp3) is 0.111. The van der Waals surface area contributed by atoms with Crippen LogP contribution in [0.3, 0.4) is 0 Å². The van der Waals surface area contributed by atoms with Crippen molar-refractivity contribution < 1.29 is 15.0 Å². The van der Waals surface area contributed by atoms with Crippen LogP contribution in [0.15, 0.2) is 47.3 Å². The first kappa shape index (κ1) is 18.0. The molecule has 0 radical (unpaired) electrons. The van der Waals surface area contributed by atoms with E-state index in [1.54, 1.807) is 36.4 Å². The Morgan fingerprint density at radius 3 is 2.46 bits per heavy atom. The summed E-state index contributed by atoms with van der Waals surface area (Å²) in [4.78, 5) is 25.9. The van der Waals surface area contributed by atoms with Gasteiger partial charge in [0.1, 0.15) is 5.75 Å². The molecule has 0 saturated heterocycles. The van der Waals surface area contributed by atoms with Crippen LogP contribution in [0.2, 0.25) is 5.02 Å². The van der Waals surface area contributed by atoms with Crippen molar-refractivity contribution in [1.29, 1.82) is 0 Å². The summed E-state index contributed by atoms with van der Waals surface area (Å²) in [6.07, 6.45) is 0.441. The number of carbonyl (C=O) groups excluding carboxylic acids is 1. The fourth-order valence-electron chi connectivity index (χ4n) is 2.43. The number of thiazole rings is 1. The Bertz CT molecular complexity index is 995. The van der Waals surface area contributed by atoms with Gasteiger partial charge in [-0.3, -0.25) is 14.6 Å². The Morgan fingerprint density at radius 1 is 1.12 bits per heavy atom. The topological polar surface area (TPSA) is 102 Å². The minimum Gasteiger partial charge on any atom is -0.506 e. The van der Waals surface area contributed by atoms with Gasteiger partial charge in [-0.15, -0.1) is 0 Å². The van der Waals surface area contributed by atoms with E-state index >= 15 is 0 Å². The molecular weight excluding hydrogens is 376 g/mol. The number of anilines is 1. The third kappa shape index (κ3) is 4.44. The molecule has 0 fully saturated rings. The van der Waals surface area contributed by atoms with Crippen LogP contribution in [0.1, 0.15) is 16.0 Å². The average Bonchev–Trinajstić information content (AvgIpc) is 2.90. The molecule has 1 aromatic heterocycles. The van der Waals surface area contributed by atoms with E-state index in [2.05, 4.69) is 10.3 Å². The molecule has 3 rings (SSSR count). The number of benzene rings is 2. The molecule has 134 valence electrons. The second-order valence-corrected chi connectivity index (χ2v) is 7.17. The highest BCUT2D eigenvalue weighted by molar-refractivity contribution is 7.09. The van der Waals surface area contributed by atoms with Crippen molar-refractivity contribution in [3.63, 3.8) is 0 Å². The van der Waals surface area contributed by atoms with Crippen molar-refractivity contribution in [2.45, 2.75) is 12.8 Å². The number of aromatic amines is 1. The van der Waals surface area contributed by atoms with Crippen molar-refractivity contribution in [2.24, 2.45) is 0 Å². The van der Waals surface area contributed by atoms with E-state index in [0.717, 1.165) is 22.5 Å². The van der Waals surface area contributed by atoms with Gasteiger partial charge in [0.05, 0.1) is 17.0 Å². The van der Waals surface area contributed by atoms with E-state index in [0.29, 0.717) is 16.3 Å². The number of nitrogens with one attached hydrogen (secondary N) is 2. The molecule has 3 aromatic rings. The highest BCUT2D eigenvalue weighted by atomic mass is 35.5. The Morgan fingerprint density at radius 2 is 1.81 bits per heavy atom. The van der Waals surface area contributed by atoms with E-state index in [-0.39, 0.29) is 34.5 Å². The number of hydrogen-bond donors (Lipinski definition) is 4. The fourth-order valence-corrected chi connectivity index (χ4v) is 3.32. The van der Waals surface area contributed by atoms with Crippen LogP contribution in [0.5, 0.6) is 11.6 Å². The van der Waals surface area contributed by atoms with Crippen molar-refractivity contribution >= 4 is 34.5 Å². The molecule has 1 amide bonds. The molecule has 4 N–H and O–H groups in total. The van der Waals surface area contributed by atoms with Crippen LogP contribution in [0, 0.1) is 0 Å². The molecule has 26 heavy (non-hydrogen) atoms. The van der Waals surface area contributed by atoms with Crippen molar-refractivity contribution in [1.82, 2.24) is 4.98 Å². The monoisotopic (exact) mass is 390 g/mol. The summed E-state index contributed by atoms with van der Waals surface area (Å²) >= 11 is 6.74. The summed E-state index contributed by atoms with van der Waals surface area (Å²) in [6, 6.07) is 11.7. The summed E-state index contributed by atoms with van der Waals surface area (Å²) in [7, 11) is 0. The first-order valence-corrected chi connectivity index (χ1v) is 8.87. The number of rotatable bonds is 5. The molecular formula is C18H15ClN2O4S. The molecule has 1 heterocycles. The standard InChI is InChI=1S/C18H15ClN2O4S/c19-12-4-1-10(2-5-12)9-16(23)20-13-7-11(3-6-14(13)22)8-15-17(24)21-18(25)26-15/h1-7,22,24H,8-9H2,(H,20,23)(H,21,25). The van der Waals surface area contributed by atoms with E-state index in [9.17, 15) is 19.8 Å². The highest BCUT2D eigenvalue weighted by Crippen LogP contribution is 2.27. The summed E-state index contributed by atoms with van der Waals surface area (Å²) in [5, 5.41) is 22.9. The average molecular weight is 391 g/mol. The highest BCUT2D eigenvalue weighted by Gasteiger charge is 2.12. The van der Waals surface area contributed by atoms with Gasteiger partial charge in [-0.2, -0.15) is 0 Å². The third-order valence-electron chi connectivity index (χ3n) is 3.68. The Labute approximate surface area is 157 Å². The van der Waals surface area contributed by atoms with Crippen LogP contribution in [0.4, 0.5) is 5.69 Å². The third-order valence-corrected chi connectivity index (χ3v) is 4.80. The first-order valence-electron chi connectivity index (χ1n) is 7.68. The number of H-pyrrole nitrogens is 1. The van der Waals surface area contributed by atoms with Gasteiger partial charge in [-0.1, -0.05) is 41.1 Å². The van der Waals surface area contributed by atoms with Crippen molar-refractivity contribution in [2.75, 3.05) is 5.32 Å². The maximum atomic E-state index is 12.2. The summed E-state index contributed by atoms with van der Waals surface area (Å²) in [6.45, 7) is 0. The maximum absolute atomic E-state index is 12.2. The molecule has 0 bridgehead atoms. The van der Waals surface area contributed by atoms with Gasteiger partial charge in [0.15, 0.2) is 0 Å². The Kier molecular flexibility index (Phi) is 5.29. The van der Waals surface area contributed by atoms with Gasteiger partial charge in [-0.05, 0) is 35.4 Å². The second-order valence-electron chi connectivity index (χ2n) is 5.67. The smallest absolute Gasteiger partial charge is 0.307 e. The van der Waals surface area contributed by atoms with Gasteiger partial charge in [0.2, 0.25) is 11.8 Å². The van der Waals surface area contributed by atoms with E-state index in [4.69, 9.17) is 11.6 Å². The van der Waals surface area contributed by atoms with Crippen LogP contribution in [-0.4, -0.2) is 21.1 Å². The number of hydrogen-bond acceptors (Lipinski definition) is 5. The van der Waals surface area contributed by atoms with E-state index in [1.807, 2.05) is 0 Å². The lowest BCUT2D eigenvalue weighted by atomic mass is 10.1. The number of aromatic hydroxyl groups is 2. The van der Waals surface area contributed by atoms with Gasteiger partial charge < -0.3 is 15.5 Å². The van der Waals surface area contributed by atoms with Gasteiger partial charge in [0.25, 0.3) is 0 Å². The zero-order chi connectivity index (χ0) is 18.7. The quantitative estimate of drug-likeness (QED) is 0.502. The first-order chi connectivity index (χ1) is 12.4. The molecule has 2 aromatic carbocycles. The lowest BCUT2D eigenvalue weighted by Gasteiger charge is -2.10. The van der Waals surface area contributed by atoms with Gasteiger partial charge >= 0.3 is 4.87 Å². The lowest BCUT2D eigenvalue weighted by molar-refractivity contribution is -0.115. The number of amides is 1. The number of carbonyl (C=O) groups is 1. The van der Waals surface area contributed by atoms with Crippen LogP contribution in [-0.2, 0) is 17.6 Å². The van der Waals surface area contributed by atoms with Gasteiger partial charge in [0, 0.05) is 11.4 Å². The summed E-state index contributed by atoms with van der Waals surface area (Å²) < 4.78 is 0. The molecule has 6 nitrogen and oxygen atoms in total. The molecule has 0 atom stereocenters. The molecule has 0 unspecified atom stereocenters. The van der Waals surface area contributed by atoms with Crippen LogP contribution >= 0.6 is 22.9 Å². The number of aromatic nitrogens is 1. The number of phenols is 1. The van der Waals surface area contributed by atoms with Crippen molar-refractivity contribution in [3.8, 4) is 11.6 Å². The zero-order valence-corrected chi connectivity index (χ0v) is 15.0. The molecule has 0 aliphatic rings. The van der Waals surface area contributed by atoms with E-state index in [1.165, 1.54) is 6.07 Å². The zero-order valence-electron chi connectivity index (χ0n) is 13.5. The molecule has 0 aliphatic heterocycles. The SMILES string of the molecule is O=C(Cc1ccc(Cl)cc1)Nc1cc(Cc2sc(=O)[nH]c2O)ccc1O. The van der Waals surface area contributed by atoms with Crippen LogP contribution < -0.4 is 10.2 Å². The van der Waals surface area contributed by atoms with Gasteiger partial charge in [-0.25, -0.2) is 0 Å². The molecule has 0 aliphatic carbocycles. The predicted octanol–water partition coefficient (Wildman–Crippen LogP) is 3.27. The summed E-state index contributed by atoms with van der Waals surface area (Å²) in [5.74, 6) is -0.514. The molecule has 0 spiro atoms.